The summed E-state index contributed by atoms with van der Waals surface area (Å²) in [4.78, 5) is 27.7. The quantitative estimate of drug-likeness (QED) is 0.590. The van der Waals surface area contributed by atoms with E-state index in [-0.39, 0.29) is 29.6 Å². The number of halogens is 2. The molecule has 0 radical (unpaired) electrons. The van der Waals surface area contributed by atoms with Gasteiger partial charge in [0.05, 0.1) is 0 Å². The van der Waals surface area contributed by atoms with E-state index < -0.39 is 6.04 Å². The SMILES string of the molecule is CC1CCC(NC(=O)C(c2ccc(F)cc2)N(CCc2ccccc2)C(=O)CCl)CC1. The first-order chi connectivity index (χ1) is 15.0. The first-order valence-corrected chi connectivity index (χ1v) is 11.5. The molecule has 31 heavy (non-hydrogen) atoms. The number of hydrogen-bond acceptors (Lipinski definition) is 2. The van der Waals surface area contributed by atoms with Crippen molar-refractivity contribution in [3.8, 4) is 0 Å². The molecule has 0 heterocycles. The van der Waals surface area contributed by atoms with Gasteiger partial charge in [-0.25, -0.2) is 4.39 Å². The summed E-state index contributed by atoms with van der Waals surface area (Å²) in [6.45, 7) is 2.57. The Morgan fingerprint density at radius 3 is 2.32 bits per heavy atom. The van der Waals surface area contributed by atoms with Crippen molar-refractivity contribution in [2.75, 3.05) is 12.4 Å². The van der Waals surface area contributed by atoms with Crippen LogP contribution >= 0.6 is 11.6 Å². The molecule has 166 valence electrons. The van der Waals surface area contributed by atoms with Gasteiger partial charge in [0.2, 0.25) is 11.8 Å². The number of hydrogen-bond donors (Lipinski definition) is 1. The average molecular weight is 445 g/mol. The van der Waals surface area contributed by atoms with Gasteiger partial charge in [0.1, 0.15) is 17.7 Å². The Hall–Kier alpha value is -2.40. The lowest BCUT2D eigenvalue weighted by Gasteiger charge is -2.34. The summed E-state index contributed by atoms with van der Waals surface area (Å²) in [6, 6.07) is 14.8. The highest BCUT2D eigenvalue weighted by atomic mass is 35.5. The van der Waals surface area contributed by atoms with Crippen LogP contribution in [0.25, 0.3) is 0 Å². The standard InChI is InChI=1S/C25H30ClFN2O2/c1-18-7-13-22(14-8-18)28-25(31)24(20-9-11-21(27)12-10-20)29(23(30)17-26)16-15-19-5-3-2-4-6-19/h2-6,9-12,18,22,24H,7-8,13-17H2,1H3,(H,28,31). The highest BCUT2D eigenvalue weighted by Gasteiger charge is 2.32. The van der Waals surface area contributed by atoms with Crippen molar-refractivity contribution in [3.63, 3.8) is 0 Å². The number of rotatable bonds is 8. The van der Waals surface area contributed by atoms with E-state index in [1.165, 1.54) is 17.0 Å². The fraction of sp³-hybridized carbons (Fsp3) is 0.440. The van der Waals surface area contributed by atoms with Crippen LogP contribution in [0.15, 0.2) is 54.6 Å². The lowest BCUT2D eigenvalue weighted by molar-refractivity contribution is -0.139. The van der Waals surface area contributed by atoms with E-state index >= 15 is 0 Å². The number of nitrogens with one attached hydrogen (secondary N) is 1. The third kappa shape index (κ3) is 6.54. The number of amides is 2. The van der Waals surface area contributed by atoms with Crippen molar-refractivity contribution < 1.29 is 14.0 Å². The molecule has 2 amide bonds. The highest BCUT2D eigenvalue weighted by molar-refractivity contribution is 6.27. The lowest BCUT2D eigenvalue weighted by Crippen LogP contribution is -2.48. The van der Waals surface area contributed by atoms with Crippen molar-refractivity contribution >= 4 is 23.4 Å². The molecule has 0 aliphatic heterocycles. The number of benzene rings is 2. The van der Waals surface area contributed by atoms with Crippen LogP contribution in [0.1, 0.15) is 49.8 Å². The van der Waals surface area contributed by atoms with Crippen molar-refractivity contribution in [1.29, 1.82) is 0 Å². The molecule has 0 saturated heterocycles. The summed E-state index contributed by atoms with van der Waals surface area (Å²) in [5.74, 6) is -0.497. The zero-order chi connectivity index (χ0) is 22.2. The van der Waals surface area contributed by atoms with Gasteiger partial charge in [-0.2, -0.15) is 0 Å². The Bertz CT molecular complexity index is 852. The van der Waals surface area contributed by atoms with Gasteiger partial charge in [0, 0.05) is 12.6 Å². The molecule has 1 aliphatic carbocycles. The molecule has 2 aromatic rings. The number of carbonyl (C=O) groups excluding carboxylic acids is 2. The van der Waals surface area contributed by atoms with Crippen LogP contribution in [0.3, 0.4) is 0 Å². The number of alkyl halides is 1. The van der Waals surface area contributed by atoms with Crippen LogP contribution < -0.4 is 5.32 Å². The molecular weight excluding hydrogens is 415 g/mol. The average Bonchev–Trinajstić information content (AvgIpc) is 2.79. The molecule has 0 bridgehead atoms. The number of nitrogens with zero attached hydrogens (tertiary/aromatic N) is 1. The van der Waals surface area contributed by atoms with Gasteiger partial charge in [-0.15, -0.1) is 11.6 Å². The Labute approximate surface area is 188 Å². The Morgan fingerprint density at radius 1 is 1.06 bits per heavy atom. The first-order valence-electron chi connectivity index (χ1n) is 10.9. The second kappa shape index (κ2) is 11.3. The van der Waals surface area contributed by atoms with Crippen molar-refractivity contribution in [3.05, 3.63) is 71.5 Å². The second-order valence-corrected chi connectivity index (χ2v) is 8.64. The van der Waals surface area contributed by atoms with E-state index in [9.17, 15) is 14.0 Å². The maximum Gasteiger partial charge on any atom is 0.247 e. The maximum atomic E-state index is 13.6. The second-order valence-electron chi connectivity index (χ2n) is 8.38. The fourth-order valence-electron chi connectivity index (χ4n) is 4.17. The molecule has 1 unspecified atom stereocenters. The van der Waals surface area contributed by atoms with Crippen LogP contribution in [0, 0.1) is 11.7 Å². The summed E-state index contributed by atoms with van der Waals surface area (Å²) in [6.07, 6.45) is 4.59. The van der Waals surface area contributed by atoms with E-state index in [0.717, 1.165) is 31.2 Å². The fourth-order valence-corrected chi connectivity index (χ4v) is 4.32. The minimum Gasteiger partial charge on any atom is -0.351 e. The van der Waals surface area contributed by atoms with E-state index in [2.05, 4.69) is 12.2 Å². The summed E-state index contributed by atoms with van der Waals surface area (Å²) in [5, 5.41) is 3.14. The van der Waals surface area contributed by atoms with Crippen LogP contribution in [-0.4, -0.2) is 35.2 Å². The zero-order valence-corrected chi connectivity index (χ0v) is 18.7. The Morgan fingerprint density at radius 2 is 1.71 bits per heavy atom. The van der Waals surface area contributed by atoms with Crippen molar-refractivity contribution in [1.82, 2.24) is 10.2 Å². The molecule has 4 nitrogen and oxygen atoms in total. The largest absolute Gasteiger partial charge is 0.351 e. The molecule has 1 fully saturated rings. The zero-order valence-electron chi connectivity index (χ0n) is 17.9. The molecule has 2 aromatic carbocycles. The Balaban J connectivity index is 1.84. The van der Waals surface area contributed by atoms with Gasteiger partial charge >= 0.3 is 0 Å². The summed E-state index contributed by atoms with van der Waals surface area (Å²) in [7, 11) is 0. The van der Waals surface area contributed by atoms with Crippen LogP contribution in [0.4, 0.5) is 4.39 Å². The predicted molar refractivity (Wildman–Crippen MR) is 121 cm³/mol. The van der Waals surface area contributed by atoms with E-state index in [4.69, 9.17) is 11.6 Å². The predicted octanol–water partition coefficient (Wildman–Crippen LogP) is 4.87. The van der Waals surface area contributed by atoms with Crippen molar-refractivity contribution in [2.24, 2.45) is 5.92 Å². The van der Waals surface area contributed by atoms with E-state index in [1.54, 1.807) is 12.1 Å². The van der Waals surface area contributed by atoms with Gasteiger partial charge in [-0.05, 0) is 61.3 Å². The number of carbonyl (C=O) groups is 2. The Kier molecular flexibility index (Phi) is 8.47. The van der Waals surface area contributed by atoms with E-state index in [0.29, 0.717) is 24.4 Å². The molecule has 0 spiro atoms. The van der Waals surface area contributed by atoms with Crippen LogP contribution in [0.5, 0.6) is 0 Å². The smallest absolute Gasteiger partial charge is 0.247 e. The summed E-state index contributed by atoms with van der Waals surface area (Å²) >= 11 is 5.91. The normalized spacial score (nSPS) is 19.5. The third-order valence-electron chi connectivity index (χ3n) is 6.03. The summed E-state index contributed by atoms with van der Waals surface area (Å²) in [5.41, 5.74) is 1.64. The topological polar surface area (TPSA) is 49.4 Å². The maximum absolute atomic E-state index is 13.6. The summed E-state index contributed by atoms with van der Waals surface area (Å²) < 4.78 is 13.6. The van der Waals surface area contributed by atoms with Gasteiger partial charge in [-0.1, -0.05) is 49.4 Å². The van der Waals surface area contributed by atoms with Crippen LogP contribution in [0.2, 0.25) is 0 Å². The minimum atomic E-state index is -0.852. The third-order valence-corrected chi connectivity index (χ3v) is 6.26. The molecule has 1 N–H and O–H groups in total. The molecule has 1 saturated carbocycles. The van der Waals surface area contributed by atoms with E-state index in [1.807, 2.05) is 30.3 Å². The highest BCUT2D eigenvalue weighted by Crippen LogP contribution is 2.27. The molecule has 6 heteroatoms. The lowest BCUT2D eigenvalue weighted by atomic mass is 9.87. The van der Waals surface area contributed by atoms with Crippen LogP contribution in [-0.2, 0) is 16.0 Å². The molecule has 1 atom stereocenters. The molecule has 0 aromatic heterocycles. The first kappa shape index (κ1) is 23.3. The minimum absolute atomic E-state index is 0.0914. The monoisotopic (exact) mass is 444 g/mol. The molecular formula is C25H30ClFN2O2. The van der Waals surface area contributed by atoms with Crippen molar-refractivity contribution in [2.45, 2.75) is 51.1 Å². The van der Waals surface area contributed by atoms with Gasteiger partial charge in [0.15, 0.2) is 0 Å². The van der Waals surface area contributed by atoms with Gasteiger partial charge < -0.3 is 10.2 Å². The van der Waals surface area contributed by atoms with Gasteiger partial charge in [0.25, 0.3) is 0 Å². The van der Waals surface area contributed by atoms with Gasteiger partial charge in [-0.3, -0.25) is 9.59 Å². The molecule has 1 aliphatic rings. The molecule has 3 rings (SSSR count).